The molecule has 0 fully saturated rings. The monoisotopic (exact) mass is 743 g/mol. The molecule has 0 spiro atoms. The summed E-state index contributed by atoms with van der Waals surface area (Å²) in [7, 11) is 0. The van der Waals surface area contributed by atoms with Crippen LogP contribution in [0.3, 0.4) is 0 Å². The summed E-state index contributed by atoms with van der Waals surface area (Å²) < 4.78 is 0. The van der Waals surface area contributed by atoms with E-state index in [4.69, 9.17) is 11.2 Å². The molecule has 0 saturated heterocycles. The van der Waals surface area contributed by atoms with Crippen molar-refractivity contribution in [1.29, 1.82) is 0 Å². The summed E-state index contributed by atoms with van der Waals surface area (Å²) in [6.45, 7) is 9.32. The minimum atomic E-state index is -2.19. The van der Waals surface area contributed by atoms with E-state index in [2.05, 4.69) is 27.7 Å². The maximum absolute atomic E-state index is 8.37. The predicted octanol–water partition coefficient (Wildman–Crippen LogP) is 19.4. The van der Waals surface area contributed by atoms with E-state index in [-0.39, 0.29) is 0 Å². The molecule has 0 bridgehead atoms. The molecule has 0 aliphatic heterocycles. The molecule has 0 aromatic heterocycles. The van der Waals surface area contributed by atoms with Crippen LogP contribution in [0.25, 0.3) is 0 Å². The number of rotatable bonds is 44. The van der Waals surface area contributed by atoms with Crippen LogP contribution in [0.5, 0.6) is 0 Å². The van der Waals surface area contributed by atoms with Gasteiger partial charge in [0.1, 0.15) is 0 Å². The fraction of sp³-hybridized carbons (Fsp3) is 1.00. The fourth-order valence-corrected chi connectivity index (χ4v) is 15.5. The molecule has 0 aliphatic rings. The Labute approximate surface area is 325 Å². The van der Waals surface area contributed by atoms with E-state index in [9.17, 15) is 0 Å². The van der Waals surface area contributed by atoms with E-state index < -0.39 is 5.96 Å². The van der Waals surface area contributed by atoms with Gasteiger partial charge in [-0.1, -0.05) is 0 Å². The standard InChI is InChI=1S/C48H100ClP/c1-5-9-13-17-21-25-29-33-37-41-45-50(49,46-42-38-34-30-26-22-18-14-10-6-2,47-43-39-35-31-27-23-19-15-11-7-3)48-44-40-36-32-28-24-20-16-12-8-4/h5-48H2,1-4H3. The van der Waals surface area contributed by atoms with Gasteiger partial charge in [-0.25, -0.2) is 0 Å². The first-order valence-corrected chi connectivity index (χ1v) is 28.1. The average molecular weight is 744 g/mol. The maximum atomic E-state index is 8.37. The van der Waals surface area contributed by atoms with E-state index in [0.717, 1.165) is 0 Å². The van der Waals surface area contributed by atoms with Crippen LogP contribution in [0.4, 0.5) is 0 Å². The third-order valence-corrected chi connectivity index (χ3v) is 20.0. The quantitative estimate of drug-likeness (QED) is 0.0431. The van der Waals surface area contributed by atoms with Crippen molar-refractivity contribution in [1.82, 2.24) is 0 Å². The molecular weight excluding hydrogens is 643 g/mol. The molecule has 50 heavy (non-hydrogen) atoms. The SMILES string of the molecule is CCCCCCCCCCCCP(Cl)(CCCCCCCCCCCC)(CCCCCCCCCCCC)CCCCCCCCCCCC. The number of halogens is 1. The van der Waals surface area contributed by atoms with Crippen LogP contribution < -0.4 is 0 Å². The van der Waals surface area contributed by atoms with Gasteiger partial charge in [-0.15, -0.1) is 0 Å². The average Bonchev–Trinajstić information content (AvgIpc) is 3.12. The van der Waals surface area contributed by atoms with Crippen molar-refractivity contribution in [3.63, 3.8) is 0 Å². The van der Waals surface area contributed by atoms with Gasteiger partial charge in [0, 0.05) is 0 Å². The molecule has 0 saturated carbocycles. The van der Waals surface area contributed by atoms with Crippen molar-refractivity contribution in [3.8, 4) is 0 Å². The first-order chi connectivity index (χ1) is 24.5. The molecule has 0 heterocycles. The molecule has 0 aliphatic carbocycles. The molecule has 2 heteroatoms. The normalized spacial score (nSPS) is 12.9. The summed E-state index contributed by atoms with van der Waals surface area (Å²) in [5, 5.41) is 0. The van der Waals surface area contributed by atoms with Crippen molar-refractivity contribution in [2.75, 3.05) is 24.6 Å². The molecule has 304 valence electrons. The van der Waals surface area contributed by atoms with Crippen LogP contribution in [0.1, 0.15) is 285 Å². The molecule has 0 aromatic carbocycles. The second-order valence-corrected chi connectivity index (χ2v) is 25.7. The van der Waals surface area contributed by atoms with Gasteiger partial charge < -0.3 is 0 Å². The van der Waals surface area contributed by atoms with E-state index in [1.165, 1.54) is 281 Å². The Morgan fingerprint density at radius 1 is 0.200 bits per heavy atom. The van der Waals surface area contributed by atoms with Crippen LogP contribution in [0.15, 0.2) is 0 Å². The summed E-state index contributed by atoms with van der Waals surface area (Å²) in [5.74, 6) is -2.19. The van der Waals surface area contributed by atoms with Gasteiger partial charge in [0.2, 0.25) is 0 Å². The van der Waals surface area contributed by atoms with Crippen molar-refractivity contribution in [2.45, 2.75) is 285 Å². The number of hydrogen-bond donors (Lipinski definition) is 0. The third kappa shape index (κ3) is 34.5. The predicted molar refractivity (Wildman–Crippen MR) is 240 cm³/mol. The zero-order chi connectivity index (χ0) is 36.6. The van der Waals surface area contributed by atoms with Gasteiger partial charge in [0.15, 0.2) is 0 Å². The molecule has 0 unspecified atom stereocenters. The van der Waals surface area contributed by atoms with Crippen LogP contribution in [-0.2, 0) is 0 Å². The first kappa shape index (κ1) is 50.7. The van der Waals surface area contributed by atoms with Gasteiger partial charge in [-0.05, 0) is 0 Å². The molecule has 0 aromatic rings. The Balaban J connectivity index is 5.06. The zero-order valence-electron chi connectivity index (χ0n) is 35.9. The minimum absolute atomic E-state index is 1.36. The Kier molecular flexibility index (Phi) is 40.0. The van der Waals surface area contributed by atoms with Crippen LogP contribution in [0, 0.1) is 0 Å². The Morgan fingerprint density at radius 2 is 0.320 bits per heavy atom. The van der Waals surface area contributed by atoms with Crippen LogP contribution in [0.2, 0.25) is 0 Å². The van der Waals surface area contributed by atoms with E-state index in [0.29, 0.717) is 0 Å². The summed E-state index contributed by atoms with van der Waals surface area (Å²) >= 11 is 8.37. The first-order valence-electron chi connectivity index (χ1n) is 24.3. The topological polar surface area (TPSA) is 0 Å². The summed E-state index contributed by atoms with van der Waals surface area (Å²) in [4.78, 5) is 0. The summed E-state index contributed by atoms with van der Waals surface area (Å²) in [6.07, 6.45) is 63.3. The molecule has 0 nitrogen and oxygen atoms in total. The molecular formula is C48H100ClP. The van der Waals surface area contributed by atoms with Crippen molar-refractivity contribution >= 4 is 17.2 Å². The fourth-order valence-electron chi connectivity index (χ4n) is 8.65. The molecule has 0 radical (unpaired) electrons. The molecule has 0 atom stereocenters. The Hall–Kier alpha value is 0.720. The second kappa shape index (κ2) is 39.4. The number of unbranched alkanes of at least 4 members (excludes halogenated alkanes) is 36. The zero-order valence-corrected chi connectivity index (χ0v) is 37.6. The second-order valence-electron chi connectivity index (χ2n) is 17.4. The van der Waals surface area contributed by atoms with E-state index >= 15 is 0 Å². The third-order valence-electron chi connectivity index (χ3n) is 12.3. The van der Waals surface area contributed by atoms with Gasteiger partial charge in [-0.2, -0.15) is 0 Å². The molecule has 0 amide bonds. The van der Waals surface area contributed by atoms with Gasteiger partial charge in [0.05, 0.1) is 0 Å². The van der Waals surface area contributed by atoms with Gasteiger partial charge in [-0.3, -0.25) is 0 Å². The summed E-state index contributed by atoms with van der Waals surface area (Å²) in [5.41, 5.74) is 0. The van der Waals surface area contributed by atoms with Crippen molar-refractivity contribution in [3.05, 3.63) is 0 Å². The Morgan fingerprint density at radius 3 is 0.460 bits per heavy atom. The van der Waals surface area contributed by atoms with E-state index in [1.807, 2.05) is 0 Å². The van der Waals surface area contributed by atoms with Gasteiger partial charge >= 0.3 is 326 Å². The Bertz CT molecular complexity index is 524. The van der Waals surface area contributed by atoms with Crippen LogP contribution in [-0.4, -0.2) is 24.6 Å². The van der Waals surface area contributed by atoms with Crippen LogP contribution >= 0.6 is 17.2 Å². The van der Waals surface area contributed by atoms with E-state index in [1.54, 1.807) is 0 Å². The molecule has 0 rings (SSSR count). The summed E-state index contributed by atoms with van der Waals surface area (Å²) in [6, 6.07) is 0. The number of hydrogen-bond acceptors (Lipinski definition) is 0. The van der Waals surface area contributed by atoms with Crippen molar-refractivity contribution in [2.24, 2.45) is 0 Å². The van der Waals surface area contributed by atoms with Gasteiger partial charge in [0.25, 0.3) is 0 Å². The molecule has 0 N–H and O–H groups in total. The van der Waals surface area contributed by atoms with Crippen molar-refractivity contribution < 1.29 is 0 Å².